The molecule has 0 N–H and O–H groups in total. The summed E-state index contributed by atoms with van der Waals surface area (Å²) in [4.78, 5) is 12.5. The average Bonchev–Trinajstić information content (AvgIpc) is 2.85. The number of hydrogen-bond donors (Lipinski definition) is 0. The van der Waals surface area contributed by atoms with E-state index in [0.29, 0.717) is 17.1 Å². The van der Waals surface area contributed by atoms with E-state index in [1.165, 1.54) is 12.1 Å². The molecule has 0 fully saturated rings. The normalized spacial score (nSPS) is 14.9. The molecule has 1 amide bonds. The molecule has 0 radical (unpaired) electrons. The van der Waals surface area contributed by atoms with E-state index in [9.17, 15) is 13.2 Å². The average molecular weight is 365 g/mol. The number of nitrogens with zero attached hydrogens (tertiary/aromatic N) is 1. The third kappa shape index (κ3) is 2.84. The van der Waals surface area contributed by atoms with Crippen molar-refractivity contribution in [2.24, 2.45) is 0 Å². The number of carbonyl (C=O) groups excluding carboxylic acids is 1. The Labute approximate surface area is 151 Å². The van der Waals surface area contributed by atoms with Crippen LogP contribution in [0.25, 0.3) is 0 Å². The number of fused-ring (bicyclic) bond motifs is 1. The largest absolute Gasteiger partial charge is 0.457 e. The summed E-state index contributed by atoms with van der Waals surface area (Å²) >= 11 is 0. The predicted molar refractivity (Wildman–Crippen MR) is 96.5 cm³/mol. The molecule has 0 spiro atoms. The number of para-hydroxylation sites is 1. The first kappa shape index (κ1) is 16.4. The Morgan fingerprint density at radius 3 is 2.08 bits per heavy atom. The fourth-order valence-electron chi connectivity index (χ4n) is 2.84. The van der Waals surface area contributed by atoms with Crippen molar-refractivity contribution in [1.82, 2.24) is 4.31 Å². The lowest BCUT2D eigenvalue weighted by Crippen LogP contribution is -2.29. The summed E-state index contributed by atoms with van der Waals surface area (Å²) in [5.74, 6) is 0.858. The van der Waals surface area contributed by atoms with Crippen LogP contribution < -0.4 is 4.74 Å². The standard InChI is InChI=1S/C20H15NO4S/c22-20-18-8-4-5-9-19(18)26(23,24)21(20)14-15-10-12-17(13-11-15)25-16-6-2-1-3-7-16/h1-13H,14H2. The lowest BCUT2D eigenvalue weighted by Gasteiger charge is -2.15. The van der Waals surface area contributed by atoms with E-state index in [4.69, 9.17) is 4.74 Å². The molecule has 4 rings (SSSR count). The minimum absolute atomic E-state index is 0.0124. The fraction of sp³-hybridized carbons (Fsp3) is 0.0500. The summed E-state index contributed by atoms with van der Waals surface area (Å²) in [6, 6.07) is 22.6. The van der Waals surface area contributed by atoms with Gasteiger partial charge in [0.1, 0.15) is 16.4 Å². The summed E-state index contributed by atoms with van der Waals surface area (Å²) in [5.41, 5.74) is 0.923. The van der Waals surface area contributed by atoms with Crippen molar-refractivity contribution in [3.8, 4) is 11.5 Å². The lowest BCUT2D eigenvalue weighted by molar-refractivity contribution is 0.0865. The third-order valence-electron chi connectivity index (χ3n) is 4.14. The smallest absolute Gasteiger partial charge is 0.269 e. The molecule has 26 heavy (non-hydrogen) atoms. The zero-order valence-corrected chi connectivity index (χ0v) is 14.5. The van der Waals surface area contributed by atoms with Gasteiger partial charge in [-0.1, -0.05) is 42.5 Å². The second-order valence-electron chi connectivity index (χ2n) is 5.87. The zero-order chi connectivity index (χ0) is 18.1. The van der Waals surface area contributed by atoms with Crippen LogP contribution in [0.3, 0.4) is 0 Å². The van der Waals surface area contributed by atoms with Crippen molar-refractivity contribution in [1.29, 1.82) is 0 Å². The molecule has 6 heteroatoms. The van der Waals surface area contributed by atoms with Crippen molar-refractivity contribution in [2.75, 3.05) is 0 Å². The molecule has 0 bridgehead atoms. The minimum Gasteiger partial charge on any atom is -0.457 e. The van der Waals surface area contributed by atoms with E-state index in [1.54, 1.807) is 36.4 Å². The predicted octanol–water partition coefficient (Wildman–Crippen LogP) is 3.82. The first-order valence-electron chi connectivity index (χ1n) is 8.04. The molecule has 0 aromatic heterocycles. The summed E-state index contributed by atoms with van der Waals surface area (Å²) in [5, 5.41) is 0. The molecular weight excluding hydrogens is 350 g/mol. The van der Waals surface area contributed by atoms with Gasteiger partial charge >= 0.3 is 0 Å². The van der Waals surface area contributed by atoms with Crippen LogP contribution in [0.1, 0.15) is 15.9 Å². The Kier molecular flexibility index (Phi) is 3.97. The Bertz CT molecular complexity index is 1060. The maximum absolute atomic E-state index is 12.6. The molecular formula is C20H15NO4S. The molecule has 0 atom stereocenters. The fourth-order valence-corrected chi connectivity index (χ4v) is 4.40. The Morgan fingerprint density at radius 1 is 0.769 bits per heavy atom. The van der Waals surface area contributed by atoms with Gasteiger partial charge < -0.3 is 4.74 Å². The van der Waals surface area contributed by atoms with Crippen LogP contribution in [0.4, 0.5) is 0 Å². The number of amides is 1. The van der Waals surface area contributed by atoms with Gasteiger partial charge in [-0.15, -0.1) is 0 Å². The lowest BCUT2D eigenvalue weighted by atomic mass is 10.2. The summed E-state index contributed by atoms with van der Waals surface area (Å²) in [6.45, 7) is -0.0124. The molecule has 3 aromatic rings. The maximum Gasteiger partial charge on any atom is 0.269 e. The molecule has 0 saturated carbocycles. The van der Waals surface area contributed by atoms with Crippen molar-refractivity contribution in [3.63, 3.8) is 0 Å². The van der Waals surface area contributed by atoms with Crippen LogP contribution in [-0.2, 0) is 16.6 Å². The SMILES string of the molecule is O=C1c2ccccc2S(=O)(=O)N1Cc1ccc(Oc2ccccc2)cc1. The summed E-state index contributed by atoms with van der Waals surface area (Å²) in [7, 11) is -3.80. The van der Waals surface area contributed by atoms with E-state index in [2.05, 4.69) is 0 Å². The van der Waals surface area contributed by atoms with Gasteiger partial charge in [0.25, 0.3) is 15.9 Å². The maximum atomic E-state index is 12.6. The third-order valence-corrected chi connectivity index (χ3v) is 5.93. The first-order valence-corrected chi connectivity index (χ1v) is 9.48. The van der Waals surface area contributed by atoms with Gasteiger partial charge in [-0.25, -0.2) is 12.7 Å². The summed E-state index contributed by atoms with van der Waals surface area (Å²) < 4.78 is 31.8. The van der Waals surface area contributed by atoms with E-state index < -0.39 is 15.9 Å². The number of benzene rings is 3. The van der Waals surface area contributed by atoms with Crippen LogP contribution >= 0.6 is 0 Å². The minimum atomic E-state index is -3.80. The summed E-state index contributed by atoms with van der Waals surface area (Å²) in [6.07, 6.45) is 0. The van der Waals surface area contributed by atoms with Gasteiger partial charge in [0.05, 0.1) is 12.1 Å². The van der Waals surface area contributed by atoms with Crippen molar-refractivity contribution < 1.29 is 17.9 Å². The highest BCUT2D eigenvalue weighted by Crippen LogP contribution is 2.31. The second kappa shape index (κ2) is 6.31. The van der Waals surface area contributed by atoms with Gasteiger partial charge in [0.2, 0.25) is 0 Å². The van der Waals surface area contributed by atoms with Gasteiger partial charge in [-0.2, -0.15) is 0 Å². The van der Waals surface area contributed by atoms with E-state index in [0.717, 1.165) is 4.31 Å². The molecule has 3 aromatic carbocycles. The van der Waals surface area contributed by atoms with Crippen molar-refractivity contribution in [2.45, 2.75) is 11.4 Å². The van der Waals surface area contributed by atoms with Crippen LogP contribution in [0, 0.1) is 0 Å². The molecule has 5 nitrogen and oxygen atoms in total. The van der Waals surface area contributed by atoms with Crippen LogP contribution in [0.5, 0.6) is 11.5 Å². The van der Waals surface area contributed by atoms with Crippen LogP contribution in [0.15, 0.2) is 83.8 Å². The van der Waals surface area contributed by atoms with E-state index in [-0.39, 0.29) is 17.0 Å². The quantitative estimate of drug-likeness (QED) is 0.705. The Balaban J connectivity index is 1.54. The molecule has 1 heterocycles. The van der Waals surface area contributed by atoms with E-state index >= 15 is 0 Å². The highest BCUT2D eigenvalue weighted by atomic mass is 32.2. The molecule has 1 aliphatic rings. The number of sulfonamides is 1. The van der Waals surface area contributed by atoms with Gasteiger partial charge in [0, 0.05) is 0 Å². The second-order valence-corrected chi connectivity index (χ2v) is 7.70. The number of ether oxygens (including phenoxy) is 1. The molecule has 0 unspecified atom stereocenters. The highest BCUT2D eigenvalue weighted by molar-refractivity contribution is 7.90. The van der Waals surface area contributed by atoms with Crippen LogP contribution in [0.2, 0.25) is 0 Å². The molecule has 0 saturated heterocycles. The Morgan fingerprint density at radius 2 is 1.38 bits per heavy atom. The number of rotatable bonds is 4. The number of carbonyl (C=O) groups is 1. The van der Waals surface area contributed by atoms with E-state index in [1.807, 2.05) is 30.3 Å². The van der Waals surface area contributed by atoms with Crippen molar-refractivity contribution >= 4 is 15.9 Å². The van der Waals surface area contributed by atoms with Crippen molar-refractivity contribution in [3.05, 3.63) is 90.0 Å². The first-order chi connectivity index (χ1) is 12.6. The Hall–Kier alpha value is -3.12. The van der Waals surface area contributed by atoms with Crippen LogP contribution in [-0.4, -0.2) is 18.6 Å². The monoisotopic (exact) mass is 365 g/mol. The van der Waals surface area contributed by atoms with Gasteiger partial charge in [-0.05, 0) is 42.0 Å². The van der Waals surface area contributed by atoms with Gasteiger partial charge in [0.15, 0.2) is 0 Å². The number of hydrogen-bond acceptors (Lipinski definition) is 4. The molecule has 130 valence electrons. The molecule has 0 aliphatic carbocycles. The zero-order valence-electron chi connectivity index (χ0n) is 13.7. The topological polar surface area (TPSA) is 63.7 Å². The highest BCUT2D eigenvalue weighted by Gasteiger charge is 2.40. The van der Waals surface area contributed by atoms with Gasteiger partial charge in [-0.3, -0.25) is 4.79 Å². The molecule has 1 aliphatic heterocycles.